The molecule has 3 nitrogen and oxygen atoms in total. The van der Waals surface area contributed by atoms with Gasteiger partial charge in [0.05, 0.1) is 0 Å². The van der Waals surface area contributed by atoms with Crippen molar-refractivity contribution in [1.82, 2.24) is 4.90 Å². The summed E-state index contributed by atoms with van der Waals surface area (Å²) >= 11 is 3.53. The van der Waals surface area contributed by atoms with Crippen LogP contribution in [0.5, 0.6) is 0 Å². The van der Waals surface area contributed by atoms with Gasteiger partial charge in [-0.05, 0) is 31.0 Å². The smallest absolute Gasteiger partial charge is 0.228 e. The van der Waals surface area contributed by atoms with Gasteiger partial charge in [-0.15, -0.1) is 0 Å². The van der Waals surface area contributed by atoms with Gasteiger partial charge in [-0.3, -0.25) is 4.79 Å². The van der Waals surface area contributed by atoms with E-state index in [1.54, 1.807) is 4.90 Å². The van der Waals surface area contributed by atoms with Crippen LogP contribution in [0.2, 0.25) is 0 Å². The molecule has 0 radical (unpaired) electrons. The Bertz CT molecular complexity index is 432. The van der Waals surface area contributed by atoms with E-state index < -0.39 is 0 Å². The van der Waals surface area contributed by atoms with E-state index in [1.807, 2.05) is 39.1 Å². The van der Waals surface area contributed by atoms with E-state index in [-0.39, 0.29) is 11.3 Å². The van der Waals surface area contributed by atoms with Crippen LogP contribution in [-0.2, 0) is 11.2 Å². The van der Waals surface area contributed by atoms with E-state index in [4.69, 9.17) is 5.73 Å². The number of benzene rings is 1. The lowest BCUT2D eigenvalue weighted by atomic mass is 9.87. The molecule has 2 N–H and O–H groups in total. The molecule has 1 aromatic carbocycles. The molecule has 106 valence electrons. The Morgan fingerprint density at radius 3 is 2.58 bits per heavy atom. The Morgan fingerprint density at radius 2 is 2.00 bits per heavy atom. The quantitative estimate of drug-likeness (QED) is 0.873. The molecule has 19 heavy (non-hydrogen) atoms. The fourth-order valence-electron chi connectivity index (χ4n) is 2.08. The first-order chi connectivity index (χ1) is 8.88. The molecule has 1 amide bonds. The molecule has 0 unspecified atom stereocenters. The highest BCUT2D eigenvalue weighted by molar-refractivity contribution is 9.10. The maximum atomic E-state index is 12.3. The number of nitrogens with zero attached hydrogens (tertiary/aromatic N) is 1. The van der Waals surface area contributed by atoms with Gasteiger partial charge in [0.15, 0.2) is 0 Å². The third kappa shape index (κ3) is 4.62. The number of carbonyl (C=O) groups is 1. The van der Waals surface area contributed by atoms with Crippen LogP contribution in [0, 0.1) is 5.41 Å². The van der Waals surface area contributed by atoms with Crippen molar-refractivity contribution in [2.45, 2.75) is 26.7 Å². The van der Waals surface area contributed by atoms with E-state index >= 15 is 0 Å². The predicted molar refractivity (Wildman–Crippen MR) is 82.9 cm³/mol. The normalized spacial score (nSPS) is 11.4. The summed E-state index contributed by atoms with van der Waals surface area (Å²) in [6.07, 6.45) is 1.56. The maximum Gasteiger partial charge on any atom is 0.228 e. The number of likely N-dealkylation sites (N-methyl/N-ethyl adjacent to an activating group) is 1. The number of amides is 1. The molecule has 1 aromatic rings. The minimum Gasteiger partial charge on any atom is -0.345 e. The second kappa shape index (κ2) is 7.06. The topological polar surface area (TPSA) is 46.3 Å². The molecule has 0 aliphatic carbocycles. The molecular weight excluding hydrogens is 304 g/mol. The minimum absolute atomic E-state index is 0.157. The molecule has 0 heterocycles. The zero-order chi connectivity index (χ0) is 14.5. The Labute approximate surface area is 124 Å². The van der Waals surface area contributed by atoms with Crippen LogP contribution in [0.25, 0.3) is 0 Å². The third-order valence-electron chi connectivity index (χ3n) is 3.37. The molecule has 0 saturated heterocycles. The largest absolute Gasteiger partial charge is 0.345 e. The molecule has 0 saturated carbocycles. The number of hydrogen-bond acceptors (Lipinski definition) is 2. The Kier molecular flexibility index (Phi) is 6.01. The van der Waals surface area contributed by atoms with Crippen molar-refractivity contribution in [3.05, 3.63) is 34.3 Å². The summed E-state index contributed by atoms with van der Waals surface area (Å²) in [5.74, 6) is 0.157. The predicted octanol–water partition coefficient (Wildman–Crippen LogP) is 2.83. The number of hydrogen-bond donors (Lipinski definition) is 1. The van der Waals surface area contributed by atoms with Crippen molar-refractivity contribution in [2.75, 3.05) is 20.1 Å². The van der Waals surface area contributed by atoms with Crippen molar-refractivity contribution >= 4 is 21.8 Å². The van der Waals surface area contributed by atoms with Crippen LogP contribution in [0.15, 0.2) is 28.7 Å². The molecule has 0 bridgehead atoms. The highest BCUT2D eigenvalue weighted by Gasteiger charge is 2.29. The lowest BCUT2D eigenvalue weighted by molar-refractivity contribution is -0.139. The van der Waals surface area contributed by atoms with Crippen molar-refractivity contribution in [3.8, 4) is 0 Å². The number of nitrogens with two attached hydrogens (primary N) is 1. The van der Waals surface area contributed by atoms with Crippen LogP contribution in [0.1, 0.15) is 25.8 Å². The average Bonchev–Trinajstić information content (AvgIpc) is 2.36. The zero-order valence-corrected chi connectivity index (χ0v) is 13.5. The number of rotatable bonds is 6. The highest BCUT2D eigenvalue weighted by Crippen LogP contribution is 2.23. The molecule has 0 spiro atoms. The van der Waals surface area contributed by atoms with Gasteiger partial charge in [-0.25, -0.2) is 0 Å². The fraction of sp³-hybridized carbons (Fsp3) is 0.533. The molecule has 0 aliphatic heterocycles. The third-order valence-corrected chi connectivity index (χ3v) is 4.14. The lowest BCUT2D eigenvalue weighted by Crippen LogP contribution is -2.40. The van der Waals surface area contributed by atoms with Gasteiger partial charge < -0.3 is 10.6 Å². The summed E-state index contributed by atoms with van der Waals surface area (Å²) in [5, 5.41) is 0. The Hall–Kier alpha value is -0.870. The van der Waals surface area contributed by atoms with Gasteiger partial charge in [0.25, 0.3) is 0 Å². The molecule has 0 atom stereocenters. The van der Waals surface area contributed by atoms with Crippen molar-refractivity contribution in [1.29, 1.82) is 0 Å². The van der Waals surface area contributed by atoms with E-state index in [1.165, 1.54) is 5.56 Å². The second-order valence-corrected chi connectivity index (χ2v) is 6.35. The van der Waals surface area contributed by atoms with Crippen molar-refractivity contribution in [2.24, 2.45) is 11.1 Å². The lowest BCUT2D eigenvalue weighted by Gasteiger charge is -2.29. The maximum absolute atomic E-state index is 12.3. The summed E-state index contributed by atoms with van der Waals surface area (Å²) in [6, 6.07) is 8.11. The first-order valence-electron chi connectivity index (χ1n) is 6.57. The van der Waals surface area contributed by atoms with Crippen LogP contribution < -0.4 is 5.73 Å². The van der Waals surface area contributed by atoms with Crippen LogP contribution >= 0.6 is 15.9 Å². The number of carbonyl (C=O) groups excluding carboxylic acids is 1. The SMILES string of the molecule is CN(CCc1ccccc1Br)C(=O)C(C)(C)CCN. The average molecular weight is 327 g/mol. The first kappa shape index (κ1) is 16.2. The summed E-state index contributed by atoms with van der Waals surface area (Å²) in [7, 11) is 1.86. The molecule has 0 aliphatic rings. The van der Waals surface area contributed by atoms with Gasteiger partial charge in [0, 0.05) is 23.5 Å². The fourth-order valence-corrected chi connectivity index (χ4v) is 2.56. The molecular formula is C15H23BrN2O. The molecule has 1 rings (SSSR count). The Morgan fingerprint density at radius 1 is 1.37 bits per heavy atom. The van der Waals surface area contributed by atoms with Gasteiger partial charge in [0.1, 0.15) is 0 Å². The second-order valence-electron chi connectivity index (χ2n) is 5.49. The summed E-state index contributed by atoms with van der Waals surface area (Å²) < 4.78 is 1.09. The van der Waals surface area contributed by atoms with Crippen LogP contribution in [0.3, 0.4) is 0 Å². The molecule has 4 heteroatoms. The van der Waals surface area contributed by atoms with Gasteiger partial charge in [-0.2, -0.15) is 0 Å². The van der Waals surface area contributed by atoms with Crippen LogP contribution in [0.4, 0.5) is 0 Å². The van der Waals surface area contributed by atoms with Crippen molar-refractivity contribution in [3.63, 3.8) is 0 Å². The summed E-state index contributed by atoms with van der Waals surface area (Å²) in [6.45, 7) is 5.17. The minimum atomic E-state index is -0.378. The summed E-state index contributed by atoms with van der Waals surface area (Å²) in [5.41, 5.74) is 6.40. The van der Waals surface area contributed by atoms with E-state index in [0.29, 0.717) is 13.0 Å². The van der Waals surface area contributed by atoms with E-state index in [2.05, 4.69) is 22.0 Å². The number of halogens is 1. The van der Waals surface area contributed by atoms with Gasteiger partial charge in [0.2, 0.25) is 5.91 Å². The first-order valence-corrected chi connectivity index (χ1v) is 7.37. The van der Waals surface area contributed by atoms with E-state index in [0.717, 1.165) is 17.4 Å². The van der Waals surface area contributed by atoms with Crippen molar-refractivity contribution < 1.29 is 4.79 Å². The highest BCUT2D eigenvalue weighted by atomic mass is 79.9. The Balaban J connectivity index is 2.58. The van der Waals surface area contributed by atoms with Crippen LogP contribution in [-0.4, -0.2) is 30.9 Å². The van der Waals surface area contributed by atoms with E-state index in [9.17, 15) is 4.79 Å². The molecule has 0 aromatic heterocycles. The van der Waals surface area contributed by atoms with Gasteiger partial charge >= 0.3 is 0 Å². The summed E-state index contributed by atoms with van der Waals surface area (Å²) in [4.78, 5) is 14.1. The standard InChI is InChI=1S/C15H23BrN2O/c1-15(2,9-10-17)14(19)18(3)11-8-12-6-4-5-7-13(12)16/h4-7H,8-11,17H2,1-3H3. The monoisotopic (exact) mass is 326 g/mol. The van der Waals surface area contributed by atoms with Gasteiger partial charge in [-0.1, -0.05) is 48.0 Å². The molecule has 0 fully saturated rings. The zero-order valence-electron chi connectivity index (χ0n) is 11.9.